The number of nitrogens with two attached hydrogens (primary N) is 1. The Balaban J connectivity index is 1.80. The summed E-state index contributed by atoms with van der Waals surface area (Å²) in [7, 11) is 0. The molecule has 0 unspecified atom stereocenters. The van der Waals surface area contributed by atoms with E-state index in [1.165, 1.54) is 16.7 Å². The molecule has 1 aliphatic carbocycles. The van der Waals surface area contributed by atoms with Crippen molar-refractivity contribution in [1.82, 2.24) is 19.8 Å². The van der Waals surface area contributed by atoms with E-state index >= 15 is 0 Å². The van der Waals surface area contributed by atoms with Gasteiger partial charge in [-0.1, -0.05) is 18.4 Å². The van der Waals surface area contributed by atoms with Gasteiger partial charge in [0.25, 0.3) is 5.91 Å². The van der Waals surface area contributed by atoms with Crippen molar-refractivity contribution in [1.29, 1.82) is 0 Å². The summed E-state index contributed by atoms with van der Waals surface area (Å²) in [4.78, 5) is 40.3. The van der Waals surface area contributed by atoms with E-state index in [0.29, 0.717) is 31.9 Å². The van der Waals surface area contributed by atoms with Crippen molar-refractivity contribution < 1.29 is 24.0 Å². The maximum Gasteiger partial charge on any atom is 0.378 e. The van der Waals surface area contributed by atoms with E-state index in [-0.39, 0.29) is 40.9 Å². The minimum atomic E-state index is -0.708. The number of hydrogen-bond donors (Lipinski definition) is 4. The second-order valence-electron chi connectivity index (χ2n) is 9.14. The Morgan fingerprint density at radius 1 is 1.39 bits per heavy atom. The topological polar surface area (TPSA) is 146 Å². The lowest BCUT2D eigenvalue weighted by atomic mass is 10.2. The van der Waals surface area contributed by atoms with Crippen molar-refractivity contribution in [3.8, 4) is 5.88 Å². The van der Waals surface area contributed by atoms with Crippen LogP contribution >= 0.6 is 0 Å². The smallest absolute Gasteiger partial charge is 0.378 e. The van der Waals surface area contributed by atoms with Gasteiger partial charge in [0.05, 0.1) is 25.8 Å². The lowest BCUT2D eigenvalue weighted by molar-refractivity contribution is -0.686. The van der Waals surface area contributed by atoms with Crippen molar-refractivity contribution in [2.24, 2.45) is 5.92 Å². The quantitative estimate of drug-likeness (QED) is 0.354. The molecule has 0 radical (unpaired) electrons. The predicted molar refractivity (Wildman–Crippen MR) is 121 cm³/mol. The summed E-state index contributed by atoms with van der Waals surface area (Å²) in [5, 5.41) is 16.5. The summed E-state index contributed by atoms with van der Waals surface area (Å²) in [5.74, 6) is -1.01. The minimum absolute atomic E-state index is 0.0244. The summed E-state index contributed by atoms with van der Waals surface area (Å²) >= 11 is 0. The maximum absolute atomic E-state index is 13.2. The number of nitrogen functional groups attached to an aromatic ring is 1. The van der Waals surface area contributed by atoms with E-state index in [0.717, 1.165) is 17.4 Å². The number of carbonyl (C=O) groups excluding carboxylic acids is 2. The monoisotopic (exact) mass is 459 g/mol. The highest BCUT2D eigenvalue weighted by atomic mass is 16.5. The standard InChI is InChI=1S/C22H30N6O5/c1-12(2)10-27-20-15(6-7-16(29)26-8-9-33-11-13(26)3)18(23)25-28(20)22(32)17(21(27)31)19(30)24-14-4-5-14/h6-7,12-14H,4-5,8-11H2,1-3H3,(H4,23,24,25,30,31,32)/p+1/b7-6+/t13-/m1/s1. The zero-order valence-corrected chi connectivity index (χ0v) is 19.1. The van der Waals surface area contributed by atoms with Crippen LogP contribution in [0.3, 0.4) is 0 Å². The molecule has 178 valence electrons. The van der Waals surface area contributed by atoms with Gasteiger partial charge in [0, 0.05) is 18.7 Å². The largest absolute Gasteiger partial charge is 0.477 e. The molecular weight excluding hydrogens is 428 g/mol. The average molecular weight is 460 g/mol. The normalized spacial score (nSPS) is 19.0. The minimum Gasteiger partial charge on any atom is -0.477 e. The SMILES string of the molecule is CC(C)C[n+]1c(O)c(C(=O)NC2CC2)c(=O)n2[nH]c(N)c(/C=C/C(=O)N3CCOC[C@H]3C)c21. The number of aromatic nitrogens is 3. The van der Waals surface area contributed by atoms with Gasteiger partial charge in [-0.15, -0.1) is 0 Å². The first kappa shape index (κ1) is 22.8. The van der Waals surface area contributed by atoms with Crippen molar-refractivity contribution >= 4 is 29.4 Å². The van der Waals surface area contributed by atoms with E-state index in [1.807, 2.05) is 20.8 Å². The molecule has 1 saturated carbocycles. The molecule has 1 atom stereocenters. The Hall–Kier alpha value is -3.34. The van der Waals surface area contributed by atoms with E-state index in [9.17, 15) is 19.5 Å². The van der Waals surface area contributed by atoms with Gasteiger partial charge in [-0.05, 0) is 31.8 Å². The fourth-order valence-corrected chi connectivity index (χ4v) is 4.02. The molecule has 1 saturated heterocycles. The number of anilines is 1. The number of nitrogens with one attached hydrogen (secondary N) is 2. The predicted octanol–water partition coefficient (Wildman–Crippen LogP) is 0.0116. The second-order valence-corrected chi connectivity index (χ2v) is 9.14. The van der Waals surface area contributed by atoms with Crippen molar-refractivity contribution in [2.75, 3.05) is 25.5 Å². The Labute approximate surface area is 190 Å². The number of carbonyl (C=O) groups is 2. The molecule has 3 heterocycles. The Morgan fingerprint density at radius 2 is 2.12 bits per heavy atom. The van der Waals surface area contributed by atoms with Gasteiger partial charge in [-0.25, -0.2) is 9.89 Å². The molecule has 11 heteroatoms. The molecule has 5 N–H and O–H groups in total. The van der Waals surface area contributed by atoms with Crippen LogP contribution in [0.1, 0.15) is 49.5 Å². The molecule has 0 bridgehead atoms. The van der Waals surface area contributed by atoms with Crippen LogP contribution in [-0.4, -0.2) is 63.3 Å². The third kappa shape index (κ3) is 4.45. The van der Waals surface area contributed by atoms with Crippen LogP contribution in [0.15, 0.2) is 10.9 Å². The number of amides is 2. The fraction of sp³-hybridized carbons (Fsp3) is 0.545. The van der Waals surface area contributed by atoms with Gasteiger partial charge < -0.3 is 25.8 Å². The molecule has 33 heavy (non-hydrogen) atoms. The van der Waals surface area contributed by atoms with Crippen LogP contribution in [-0.2, 0) is 16.1 Å². The van der Waals surface area contributed by atoms with Crippen molar-refractivity contribution in [2.45, 2.75) is 52.2 Å². The summed E-state index contributed by atoms with van der Waals surface area (Å²) in [5.41, 5.74) is 5.79. The molecule has 0 aromatic carbocycles. The van der Waals surface area contributed by atoms with Crippen LogP contribution in [0.25, 0.3) is 11.7 Å². The Morgan fingerprint density at radius 3 is 2.76 bits per heavy atom. The molecule has 1 aliphatic heterocycles. The summed E-state index contributed by atoms with van der Waals surface area (Å²) in [6.45, 7) is 7.57. The van der Waals surface area contributed by atoms with Gasteiger partial charge >= 0.3 is 17.1 Å². The van der Waals surface area contributed by atoms with Crippen LogP contribution in [0.5, 0.6) is 5.88 Å². The molecular formula is C22H31N6O5+. The molecule has 2 amide bonds. The van der Waals surface area contributed by atoms with Crippen molar-refractivity contribution in [3.05, 3.63) is 27.6 Å². The lowest BCUT2D eigenvalue weighted by Gasteiger charge is -2.32. The summed E-state index contributed by atoms with van der Waals surface area (Å²) < 4.78 is 8.02. The van der Waals surface area contributed by atoms with E-state index in [2.05, 4.69) is 10.4 Å². The fourth-order valence-electron chi connectivity index (χ4n) is 4.02. The number of aromatic amines is 1. The number of nitrogens with zero attached hydrogens (tertiary/aromatic N) is 3. The van der Waals surface area contributed by atoms with Crippen LogP contribution in [0, 0.1) is 5.92 Å². The number of aromatic hydroxyl groups is 1. The third-order valence-electron chi connectivity index (χ3n) is 5.86. The van der Waals surface area contributed by atoms with E-state index in [1.54, 1.807) is 4.90 Å². The highest BCUT2D eigenvalue weighted by molar-refractivity contribution is 5.96. The zero-order valence-electron chi connectivity index (χ0n) is 19.1. The van der Waals surface area contributed by atoms with Crippen molar-refractivity contribution in [3.63, 3.8) is 0 Å². The molecule has 2 aromatic rings. The lowest BCUT2D eigenvalue weighted by Crippen LogP contribution is -2.46. The van der Waals surface area contributed by atoms with Gasteiger partial charge in [-0.2, -0.15) is 4.57 Å². The Bertz CT molecular complexity index is 1180. The van der Waals surface area contributed by atoms with Crippen LogP contribution < -0.4 is 21.2 Å². The highest BCUT2D eigenvalue weighted by Gasteiger charge is 2.35. The molecule has 2 fully saturated rings. The molecule has 2 aliphatic rings. The number of H-pyrrole nitrogens is 1. The molecule has 11 nitrogen and oxygen atoms in total. The van der Waals surface area contributed by atoms with Crippen LogP contribution in [0.2, 0.25) is 0 Å². The number of morpholine rings is 1. The average Bonchev–Trinajstić information content (AvgIpc) is 3.50. The van der Waals surface area contributed by atoms with Gasteiger partial charge in [0.2, 0.25) is 11.5 Å². The first-order chi connectivity index (χ1) is 15.7. The van der Waals surface area contributed by atoms with Gasteiger partial charge in [-0.3, -0.25) is 9.59 Å². The van der Waals surface area contributed by atoms with E-state index < -0.39 is 17.3 Å². The van der Waals surface area contributed by atoms with E-state index in [4.69, 9.17) is 10.5 Å². The summed E-state index contributed by atoms with van der Waals surface area (Å²) in [6, 6.07) is -0.0300. The number of rotatable bonds is 6. The molecule has 4 rings (SSSR count). The number of hydrogen-bond acceptors (Lipinski definition) is 6. The summed E-state index contributed by atoms with van der Waals surface area (Å²) in [6.07, 6.45) is 4.63. The van der Waals surface area contributed by atoms with Gasteiger partial charge in [0.1, 0.15) is 5.56 Å². The number of fused-ring (bicyclic) bond motifs is 1. The number of ether oxygens (including phenoxy) is 1. The first-order valence-electron chi connectivity index (χ1n) is 11.2. The first-order valence-corrected chi connectivity index (χ1v) is 11.2. The van der Waals surface area contributed by atoms with Crippen LogP contribution in [0.4, 0.5) is 5.82 Å². The maximum atomic E-state index is 13.2. The molecule has 0 spiro atoms. The second kappa shape index (κ2) is 8.89. The zero-order chi connectivity index (χ0) is 23.9. The highest BCUT2D eigenvalue weighted by Crippen LogP contribution is 2.22. The Kier molecular flexibility index (Phi) is 6.15. The molecule has 2 aromatic heterocycles. The third-order valence-corrected chi connectivity index (χ3v) is 5.86. The van der Waals surface area contributed by atoms with Gasteiger partial charge in [0.15, 0.2) is 5.82 Å².